The van der Waals surface area contributed by atoms with Gasteiger partial charge in [0.2, 0.25) is 0 Å². The van der Waals surface area contributed by atoms with Gasteiger partial charge in [0.05, 0.1) is 0 Å². The predicted molar refractivity (Wildman–Crippen MR) is 62.5 cm³/mol. The summed E-state index contributed by atoms with van der Waals surface area (Å²) in [4.78, 5) is 0. The molecule has 0 aliphatic carbocycles. The number of nitrogen functional groups attached to an aromatic ring is 1. The van der Waals surface area contributed by atoms with Gasteiger partial charge in [-0.1, -0.05) is 26.0 Å². The smallest absolute Gasteiger partial charge is 0.0347 e. The van der Waals surface area contributed by atoms with Crippen LogP contribution in [0.2, 0.25) is 0 Å². The fourth-order valence-corrected chi connectivity index (χ4v) is 1.56. The summed E-state index contributed by atoms with van der Waals surface area (Å²) in [5.74, 6) is 1.42. The summed E-state index contributed by atoms with van der Waals surface area (Å²) in [6.07, 6.45) is 0.954. The van der Waals surface area contributed by atoms with E-state index in [1.807, 2.05) is 6.07 Å². The van der Waals surface area contributed by atoms with Crippen LogP contribution in [-0.2, 0) is 6.42 Å². The quantitative estimate of drug-likeness (QED) is 0.563. The number of nitrogens with two attached hydrogens (primary N) is 1. The Bertz CT molecular complexity index is 281. The largest absolute Gasteiger partial charge is 0.399 e. The zero-order chi connectivity index (χ0) is 9.84. The van der Waals surface area contributed by atoms with Crippen molar-refractivity contribution < 1.29 is 0 Å². The van der Waals surface area contributed by atoms with Crippen molar-refractivity contribution in [1.82, 2.24) is 0 Å². The minimum absolute atomic E-state index is 0.569. The lowest BCUT2D eigenvalue weighted by atomic mass is 9.99. The number of hydrogen-bond acceptors (Lipinski definition) is 2. The maximum Gasteiger partial charge on any atom is 0.0347 e. The molecular weight excluding hydrogens is 178 g/mol. The lowest BCUT2D eigenvalue weighted by Crippen LogP contribution is -1.98. The summed E-state index contributed by atoms with van der Waals surface area (Å²) in [5.41, 5.74) is 9.31. The predicted octanol–water partition coefficient (Wildman–Crippen LogP) is 2.86. The molecule has 0 aliphatic heterocycles. The normalized spacial score (nSPS) is 10.8. The Morgan fingerprint density at radius 1 is 1.38 bits per heavy atom. The van der Waals surface area contributed by atoms with Gasteiger partial charge in [0.1, 0.15) is 0 Å². The molecule has 13 heavy (non-hydrogen) atoms. The van der Waals surface area contributed by atoms with Crippen LogP contribution in [0.3, 0.4) is 0 Å². The molecule has 72 valence electrons. The molecule has 1 rings (SSSR count). The summed E-state index contributed by atoms with van der Waals surface area (Å²) < 4.78 is 0. The van der Waals surface area contributed by atoms with Crippen LogP contribution in [0.25, 0.3) is 0 Å². The Hall–Kier alpha value is -0.630. The second-order valence-corrected chi connectivity index (χ2v) is 4.03. The zero-order valence-electron chi connectivity index (χ0n) is 8.25. The summed E-state index contributed by atoms with van der Waals surface area (Å²) in [7, 11) is 0. The third-order valence-corrected chi connectivity index (χ3v) is 2.44. The summed E-state index contributed by atoms with van der Waals surface area (Å²) in [6.45, 7) is 4.38. The molecule has 0 radical (unpaired) electrons. The maximum absolute atomic E-state index is 5.84. The van der Waals surface area contributed by atoms with E-state index in [0.29, 0.717) is 5.92 Å². The first-order valence-corrected chi connectivity index (χ1v) is 5.27. The molecule has 0 aromatic heterocycles. The highest BCUT2D eigenvalue weighted by atomic mass is 32.1. The molecule has 0 atom stereocenters. The van der Waals surface area contributed by atoms with Crippen LogP contribution < -0.4 is 5.73 Å². The van der Waals surface area contributed by atoms with E-state index in [9.17, 15) is 0 Å². The third-order valence-electron chi connectivity index (χ3n) is 2.21. The van der Waals surface area contributed by atoms with Crippen LogP contribution >= 0.6 is 12.6 Å². The van der Waals surface area contributed by atoms with E-state index in [4.69, 9.17) is 5.73 Å². The van der Waals surface area contributed by atoms with Gasteiger partial charge in [0.15, 0.2) is 0 Å². The van der Waals surface area contributed by atoms with Gasteiger partial charge in [-0.15, -0.1) is 0 Å². The fraction of sp³-hybridized carbons (Fsp3) is 0.455. The van der Waals surface area contributed by atoms with Crippen LogP contribution in [0.5, 0.6) is 0 Å². The molecule has 0 amide bonds. The molecule has 0 bridgehead atoms. The van der Waals surface area contributed by atoms with Crippen LogP contribution in [-0.4, -0.2) is 5.75 Å². The Morgan fingerprint density at radius 2 is 2.08 bits per heavy atom. The van der Waals surface area contributed by atoms with Gasteiger partial charge in [-0.05, 0) is 35.3 Å². The van der Waals surface area contributed by atoms with Crippen LogP contribution in [0.15, 0.2) is 18.2 Å². The van der Waals surface area contributed by atoms with Gasteiger partial charge in [0.25, 0.3) is 0 Å². The Balaban J connectivity index is 2.97. The van der Waals surface area contributed by atoms with Crippen molar-refractivity contribution in [1.29, 1.82) is 0 Å². The molecule has 1 aromatic rings. The summed E-state index contributed by atoms with van der Waals surface area (Å²) in [6, 6.07) is 6.28. The lowest BCUT2D eigenvalue weighted by molar-refractivity contribution is 0.863. The molecule has 0 saturated carbocycles. The van der Waals surface area contributed by atoms with Crippen molar-refractivity contribution in [3.05, 3.63) is 29.3 Å². The van der Waals surface area contributed by atoms with Gasteiger partial charge < -0.3 is 5.73 Å². The van der Waals surface area contributed by atoms with Gasteiger partial charge in [-0.2, -0.15) is 12.6 Å². The van der Waals surface area contributed by atoms with Crippen molar-refractivity contribution in [3.63, 3.8) is 0 Å². The van der Waals surface area contributed by atoms with E-state index in [-0.39, 0.29) is 0 Å². The first-order valence-electron chi connectivity index (χ1n) is 4.64. The second-order valence-electron chi connectivity index (χ2n) is 3.59. The molecule has 1 nitrogen and oxygen atoms in total. The Kier molecular flexibility index (Phi) is 3.67. The number of aryl methyl sites for hydroxylation is 1. The van der Waals surface area contributed by atoms with Crippen molar-refractivity contribution in [2.45, 2.75) is 26.2 Å². The van der Waals surface area contributed by atoms with Gasteiger partial charge >= 0.3 is 0 Å². The zero-order valence-corrected chi connectivity index (χ0v) is 9.14. The van der Waals surface area contributed by atoms with Gasteiger partial charge in [-0.3, -0.25) is 0 Å². The van der Waals surface area contributed by atoms with E-state index in [1.165, 1.54) is 11.1 Å². The minimum atomic E-state index is 0.569. The summed E-state index contributed by atoms with van der Waals surface area (Å²) in [5, 5.41) is 0. The molecule has 1 aromatic carbocycles. The highest BCUT2D eigenvalue weighted by Gasteiger charge is 2.03. The van der Waals surface area contributed by atoms with Crippen LogP contribution in [0.4, 0.5) is 5.69 Å². The monoisotopic (exact) mass is 195 g/mol. The average Bonchev–Trinajstić information content (AvgIpc) is 2.08. The minimum Gasteiger partial charge on any atom is -0.399 e. The third kappa shape index (κ3) is 2.66. The standard InChI is InChI=1S/C11H17NS/c1-8(2)9-3-4-11(12)10(7-9)5-6-13/h3-4,7-8,13H,5-6,12H2,1-2H3. The molecule has 0 unspecified atom stereocenters. The first kappa shape index (κ1) is 10.5. The van der Waals surface area contributed by atoms with Crippen molar-refractivity contribution in [2.24, 2.45) is 0 Å². The molecule has 0 saturated heterocycles. The number of benzene rings is 1. The number of hydrogen-bond donors (Lipinski definition) is 2. The number of rotatable bonds is 3. The van der Waals surface area contributed by atoms with Crippen molar-refractivity contribution >= 4 is 18.3 Å². The average molecular weight is 195 g/mol. The molecule has 2 heteroatoms. The van der Waals surface area contributed by atoms with E-state index < -0.39 is 0 Å². The molecule has 0 aliphatic rings. The highest BCUT2D eigenvalue weighted by Crippen LogP contribution is 2.20. The molecule has 2 N–H and O–H groups in total. The van der Waals surface area contributed by atoms with E-state index in [0.717, 1.165) is 17.9 Å². The van der Waals surface area contributed by atoms with Crippen LogP contribution in [0, 0.1) is 0 Å². The second kappa shape index (κ2) is 4.56. The van der Waals surface area contributed by atoms with Gasteiger partial charge in [0, 0.05) is 5.69 Å². The molecule has 0 heterocycles. The van der Waals surface area contributed by atoms with Crippen molar-refractivity contribution in [3.8, 4) is 0 Å². The van der Waals surface area contributed by atoms with E-state index >= 15 is 0 Å². The topological polar surface area (TPSA) is 26.0 Å². The Labute approximate surface area is 85.8 Å². The van der Waals surface area contributed by atoms with E-state index in [2.05, 4.69) is 38.6 Å². The maximum atomic E-state index is 5.84. The molecule has 0 fully saturated rings. The first-order chi connectivity index (χ1) is 6.15. The number of anilines is 1. The van der Waals surface area contributed by atoms with Gasteiger partial charge in [-0.25, -0.2) is 0 Å². The SMILES string of the molecule is CC(C)c1ccc(N)c(CCS)c1. The van der Waals surface area contributed by atoms with E-state index in [1.54, 1.807) is 0 Å². The highest BCUT2D eigenvalue weighted by molar-refractivity contribution is 7.80. The van der Waals surface area contributed by atoms with Crippen molar-refractivity contribution in [2.75, 3.05) is 11.5 Å². The lowest BCUT2D eigenvalue weighted by Gasteiger charge is -2.09. The molecular formula is C11H17NS. The number of thiol groups is 1. The Morgan fingerprint density at radius 3 is 2.62 bits per heavy atom. The fourth-order valence-electron chi connectivity index (χ4n) is 1.32. The summed E-state index contributed by atoms with van der Waals surface area (Å²) >= 11 is 4.21. The molecule has 0 spiro atoms. The van der Waals surface area contributed by atoms with Crippen LogP contribution in [0.1, 0.15) is 30.9 Å².